The number of rotatable bonds is 7. The maximum Gasteiger partial charge on any atom is 0.216 e. The Kier molecular flexibility index (Phi) is 8.76. The molecule has 0 spiro atoms. The van der Waals surface area contributed by atoms with Gasteiger partial charge in [-0.3, -0.25) is 0 Å². The van der Waals surface area contributed by atoms with Crippen molar-refractivity contribution in [3.63, 3.8) is 0 Å². The van der Waals surface area contributed by atoms with Gasteiger partial charge in [-0.2, -0.15) is 0 Å². The van der Waals surface area contributed by atoms with E-state index in [1.807, 2.05) is 0 Å². The van der Waals surface area contributed by atoms with Gasteiger partial charge in [0.25, 0.3) is 0 Å². The molecule has 30 heavy (non-hydrogen) atoms. The number of aryl methyl sites for hydroxylation is 1. The highest BCUT2D eigenvalue weighted by Crippen LogP contribution is 2.23. The highest BCUT2D eigenvalue weighted by Gasteiger charge is 2.19. The lowest BCUT2D eigenvalue weighted by Gasteiger charge is -2.13. The summed E-state index contributed by atoms with van der Waals surface area (Å²) in [6, 6.07) is 6.51. The van der Waals surface area contributed by atoms with Crippen molar-refractivity contribution in [2.75, 3.05) is 13.1 Å². The third kappa shape index (κ3) is 6.00. The van der Waals surface area contributed by atoms with Crippen molar-refractivity contribution in [2.24, 2.45) is 4.99 Å². The number of H-pyrrole nitrogens is 1. The fraction of sp³-hybridized carbons (Fsp3) is 0.478. The predicted molar refractivity (Wildman–Crippen MR) is 135 cm³/mol. The van der Waals surface area contributed by atoms with Crippen molar-refractivity contribution in [3.05, 3.63) is 53.4 Å². The van der Waals surface area contributed by atoms with Crippen LogP contribution in [0.15, 0.2) is 40.0 Å². The van der Waals surface area contributed by atoms with E-state index in [-0.39, 0.29) is 29.4 Å². The van der Waals surface area contributed by atoms with E-state index in [2.05, 4.69) is 84.6 Å². The number of aliphatic imine (C=N–C) groups is 1. The lowest BCUT2D eigenvalue weighted by Crippen LogP contribution is -2.38. The van der Waals surface area contributed by atoms with Crippen LogP contribution in [0.1, 0.15) is 57.4 Å². The van der Waals surface area contributed by atoms with E-state index in [1.165, 1.54) is 22.0 Å². The molecule has 3 rings (SSSR count). The molecule has 1 aromatic carbocycles. The second kappa shape index (κ2) is 10.8. The summed E-state index contributed by atoms with van der Waals surface area (Å²) in [5.74, 6) is 2.29. The predicted octanol–water partition coefficient (Wildman–Crippen LogP) is 4.93. The molecular weight excluding hydrogens is 489 g/mol. The molecule has 2 aromatic heterocycles. The quantitative estimate of drug-likeness (QED) is 0.233. The zero-order valence-electron chi connectivity index (χ0n) is 18.6. The number of oxazole rings is 1. The number of aromatic nitrogens is 2. The molecule has 0 radical (unpaired) electrons. The summed E-state index contributed by atoms with van der Waals surface area (Å²) in [5.41, 5.74) is 3.89. The average molecular weight is 523 g/mol. The van der Waals surface area contributed by atoms with Crippen LogP contribution in [-0.4, -0.2) is 29.0 Å². The van der Waals surface area contributed by atoms with Gasteiger partial charge in [-0.15, -0.1) is 24.0 Å². The normalized spacial score (nSPS) is 12.1. The van der Waals surface area contributed by atoms with Crippen LogP contribution in [0, 0.1) is 0 Å². The molecule has 0 saturated heterocycles. The standard InChI is InChI=1S/C23H33N5O.HI/c1-6-16-9-8-10-18-17(13-27-21(16)18)11-12-25-22(24-7-2)28-15-20-26-14-19(29-20)23(3,4)5;/h8-10,13-14,27H,6-7,11-12,15H2,1-5H3,(H2,24,25,28);1H. The monoisotopic (exact) mass is 523 g/mol. The Balaban J connectivity index is 0.00000320. The molecule has 164 valence electrons. The topological polar surface area (TPSA) is 78.2 Å². The van der Waals surface area contributed by atoms with Crippen LogP contribution in [0.2, 0.25) is 0 Å². The second-order valence-electron chi connectivity index (χ2n) is 8.25. The van der Waals surface area contributed by atoms with Gasteiger partial charge in [-0.05, 0) is 30.9 Å². The van der Waals surface area contributed by atoms with Crippen LogP contribution in [0.5, 0.6) is 0 Å². The third-order valence-corrected chi connectivity index (χ3v) is 4.96. The van der Waals surface area contributed by atoms with Gasteiger partial charge in [-0.1, -0.05) is 45.9 Å². The highest BCUT2D eigenvalue weighted by atomic mass is 127. The molecule has 3 N–H and O–H groups in total. The number of nitrogens with one attached hydrogen (secondary N) is 3. The highest BCUT2D eigenvalue weighted by molar-refractivity contribution is 14.0. The number of guanidine groups is 1. The van der Waals surface area contributed by atoms with Gasteiger partial charge in [-0.25, -0.2) is 9.98 Å². The fourth-order valence-electron chi connectivity index (χ4n) is 3.31. The zero-order chi connectivity index (χ0) is 20.9. The lowest BCUT2D eigenvalue weighted by molar-refractivity contribution is 0.383. The number of benzene rings is 1. The van der Waals surface area contributed by atoms with Crippen molar-refractivity contribution < 1.29 is 4.42 Å². The minimum absolute atomic E-state index is 0. The number of nitrogens with zero attached hydrogens (tertiary/aromatic N) is 2. The van der Waals surface area contributed by atoms with Gasteiger partial charge in [0.2, 0.25) is 5.89 Å². The van der Waals surface area contributed by atoms with Crippen LogP contribution in [0.4, 0.5) is 0 Å². The molecule has 0 unspecified atom stereocenters. The minimum Gasteiger partial charge on any atom is -0.443 e. The summed E-state index contributed by atoms with van der Waals surface area (Å²) in [4.78, 5) is 12.4. The maximum absolute atomic E-state index is 5.83. The Morgan fingerprint density at radius 1 is 1.17 bits per heavy atom. The van der Waals surface area contributed by atoms with Gasteiger partial charge in [0.1, 0.15) is 12.3 Å². The van der Waals surface area contributed by atoms with Crippen molar-refractivity contribution in [1.82, 2.24) is 20.6 Å². The summed E-state index contributed by atoms with van der Waals surface area (Å²) >= 11 is 0. The first-order chi connectivity index (χ1) is 13.9. The Bertz CT molecular complexity index is 968. The Hall–Kier alpha value is -2.03. The molecule has 0 fully saturated rings. The van der Waals surface area contributed by atoms with Gasteiger partial charge in [0.15, 0.2) is 5.96 Å². The van der Waals surface area contributed by atoms with Crippen molar-refractivity contribution in [2.45, 2.75) is 59.4 Å². The van der Waals surface area contributed by atoms with Crippen LogP contribution >= 0.6 is 24.0 Å². The summed E-state index contributed by atoms with van der Waals surface area (Å²) in [6.07, 6.45) is 5.87. The molecule has 7 heteroatoms. The van der Waals surface area contributed by atoms with Gasteiger partial charge >= 0.3 is 0 Å². The summed E-state index contributed by atoms with van der Waals surface area (Å²) in [7, 11) is 0. The molecule has 0 amide bonds. The summed E-state index contributed by atoms with van der Waals surface area (Å²) in [6.45, 7) is 12.6. The van der Waals surface area contributed by atoms with Crippen LogP contribution < -0.4 is 10.6 Å². The number of hydrogen-bond donors (Lipinski definition) is 3. The molecule has 2 heterocycles. The van der Waals surface area contributed by atoms with Crippen LogP contribution in [-0.2, 0) is 24.8 Å². The number of halogens is 1. The Morgan fingerprint density at radius 2 is 1.97 bits per heavy atom. The minimum atomic E-state index is -0.0469. The van der Waals surface area contributed by atoms with Crippen molar-refractivity contribution in [1.29, 1.82) is 0 Å². The van der Waals surface area contributed by atoms with E-state index in [0.29, 0.717) is 12.4 Å². The van der Waals surface area contributed by atoms with E-state index in [1.54, 1.807) is 6.20 Å². The first kappa shape index (κ1) is 24.2. The lowest BCUT2D eigenvalue weighted by atomic mass is 9.94. The zero-order valence-corrected chi connectivity index (χ0v) is 21.0. The molecule has 0 bridgehead atoms. The third-order valence-electron chi connectivity index (χ3n) is 4.96. The molecule has 0 aliphatic carbocycles. The molecule has 0 atom stereocenters. The van der Waals surface area contributed by atoms with Crippen molar-refractivity contribution in [3.8, 4) is 0 Å². The van der Waals surface area contributed by atoms with E-state index in [9.17, 15) is 0 Å². The Morgan fingerprint density at radius 3 is 2.63 bits per heavy atom. The second-order valence-corrected chi connectivity index (χ2v) is 8.25. The molecule has 6 nitrogen and oxygen atoms in total. The SMILES string of the molecule is CCNC(=NCc1ncc(C(C)(C)C)o1)NCCc1c[nH]c2c(CC)cccc12.I. The molecule has 0 saturated carbocycles. The molecule has 0 aliphatic rings. The molecule has 0 aliphatic heterocycles. The Labute approximate surface area is 196 Å². The van der Waals surface area contributed by atoms with E-state index < -0.39 is 0 Å². The van der Waals surface area contributed by atoms with Gasteiger partial charge in [0, 0.05) is 35.6 Å². The largest absolute Gasteiger partial charge is 0.443 e. The number of para-hydroxylation sites is 1. The van der Waals surface area contributed by atoms with Gasteiger partial charge < -0.3 is 20.0 Å². The summed E-state index contributed by atoms with van der Waals surface area (Å²) in [5, 5.41) is 8.01. The van der Waals surface area contributed by atoms with Crippen molar-refractivity contribution >= 4 is 40.8 Å². The van der Waals surface area contributed by atoms with E-state index in [4.69, 9.17) is 4.42 Å². The number of hydrogen-bond acceptors (Lipinski definition) is 3. The first-order valence-electron chi connectivity index (χ1n) is 10.5. The van der Waals surface area contributed by atoms with Crippen LogP contribution in [0.25, 0.3) is 10.9 Å². The average Bonchev–Trinajstić information content (AvgIpc) is 3.33. The number of aromatic amines is 1. The maximum atomic E-state index is 5.83. The van der Waals surface area contributed by atoms with E-state index in [0.717, 1.165) is 37.7 Å². The van der Waals surface area contributed by atoms with E-state index >= 15 is 0 Å². The van der Waals surface area contributed by atoms with Gasteiger partial charge in [0.05, 0.1) is 6.20 Å². The van der Waals surface area contributed by atoms with Crippen LogP contribution in [0.3, 0.4) is 0 Å². The molecule has 3 aromatic rings. The smallest absolute Gasteiger partial charge is 0.216 e. The number of fused-ring (bicyclic) bond motifs is 1. The first-order valence-corrected chi connectivity index (χ1v) is 10.5. The summed E-state index contributed by atoms with van der Waals surface area (Å²) < 4.78 is 5.83. The fourth-order valence-corrected chi connectivity index (χ4v) is 3.31. The molecular formula is C23H34IN5O.